The van der Waals surface area contributed by atoms with Crippen LogP contribution in [0.1, 0.15) is 5.76 Å². The Morgan fingerprint density at radius 1 is 1.25 bits per heavy atom. The Morgan fingerprint density at radius 2 is 1.94 bits per heavy atom. The number of para-hydroxylation sites is 1. The van der Waals surface area contributed by atoms with E-state index < -0.39 is 5.97 Å². The summed E-state index contributed by atoms with van der Waals surface area (Å²) >= 11 is 11.0. The maximum Gasteiger partial charge on any atom is 0.341 e. The minimum absolute atomic E-state index is 0.147. The van der Waals surface area contributed by atoms with E-state index >= 15 is 0 Å². The molecule has 0 aliphatic carbocycles. The van der Waals surface area contributed by atoms with Crippen molar-refractivity contribution in [3.63, 3.8) is 0 Å². The van der Waals surface area contributed by atoms with Crippen molar-refractivity contribution in [1.29, 1.82) is 0 Å². The average Bonchev–Trinajstić information content (AvgIpc) is 2.58. The fourth-order valence-electron chi connectivity index (χ4n) is 1.38. The molecule has 82 valence electrons. The van der Waals surface area contributed by atoms with Crippen LogP contribution in [0.25, 0.3) is 16.5 Å². The van der Waals surface area contributed by atoms with Crippen LogP contribution in [-0.4, -0.2) is 11.1 Å². The summed E-state index contributed by atoms with van der Waals surface area (Å²) in [4.78, 5) is 10.9. The van der Waals surface area contributed by atoms with Gasteiger partial charge in [-0.1, -0.05) is 41.4 Å². The van der Waals surface area contributed by atoms with Crippen LogP contribution in [0.4, 0.5) is 0 Å². The summed E-state index contributed by atoms with van der Waals surface area (Å²) in [5, 5.41) is 9.73. The van der Waals surface area contributed by atoms with Crippen LogP contribution < -0.4 is 0 Å². The lowest BCUT2D eigenvalue weighted by Gasteiger charge is -1.96. The van der Waals surface area contributed by atoms with Gasteiger partial charge in [0, 0.05) is 5.39 Å². The molecule has 0 amide bonds. The Labute approximate surface area is 101 Å². The second-order valence-corrected chi connectivity index (χ2v) is 4.04. The van der Waals surface area contributed by atoms with Gasteiger partial charge < -0.3 is 9.52 Å². The van der Waals surface area contributed by atoms with Crippen molar-refractivity contribution in [3.8, 4) is 0 Å². The first-order valence-corrected chi connectivity index (χ1v) is 5.12. The molecule has 0 atom stereocenters. The van der Waals surface area contributed by atoms with Crippen molar-refractivity contribution in [2.45, 2.75) is 0 Å². The van der Waals surface area contributed by atoms with Crippen molar-refractivity contribution in [2.75, 3.05) is 0 Å². The van der Waals surface area contributed by atoms with Crippen LogP contribution in [-0.2, 0) is 4.79 Å². The number of hydrogen-bond donors (Lipinski definition) is 1. The van der Waals surface area contributed by atoms with Gasteiger partial charge in [0.05, 0.1) is 0 Å². The number of halogens is 2. The molecule has 2 aromatic rings. The zero-order valence-electron chi connectivity index (χ0n) is 7.91. The number of benzene rings is 1. The monoisotopic (exact) mass is 256 g/mol. The van der Waals surface area contributed by atoms with Crippen LogP contribution in [0.2, 0.25) is 0 Å². The van der Waals surface area contributed by atoms with E-state index in [-0.39, 0.29) is 15.8 Å². The Bertz CT molecular complexity index is 547. The number of hydrogen-bond acceptors (Lipinski definition) is 2. The molecule has 0 saturated heterocycles. The number of fused-ring (bicyclic) bond motifs is 1. The van der Waals surface area contributed by atoms with Gasteiger partial charge in [-0.2, -0.15) is 0 Å². The maximum atomic E-state index is 10.9. The van der Waals surface area contributed by atoms with E-state index in [1.54, 1.807) is 18.2 Å². The smallest absolute Gasteiger partial charge is 0.341 e. The Morgan fingerprint density at radius 3 is 2.50 bits per heavy atom. The molecule has 1 N–H and O–H groups in total. The normalized spacial score (nSPS) is 10.4. The summed E-state index contributed by atoms with van der Waals surface area (Å²) in [5.41, 5.74) is 0.352. The van der Waals surface area contributed by atoms with Crippen LogP contribution in [0.5, 0.6) is 0 Å². The summed E-state index contributed by atoms with van der Waals surface area (Å²) in [6.45, 7) is 0. The average molecular weight is 257 g/mol. The minimum atomic E-state index is -1.22. The third kappa shape index (κ3) is 1.92. The zero-order valence-corrected chi connectivity index (χ0v) is 9.42. The molecule has 5 heteroatoms. The van der Waals surface area contributed by atoms with Gasteiger partial charge in [-0.15, -0.1) is 0 Å². The summed E-state index contributed by atoms with van der Waals surface area (Å²) in [6.07, 6.45) is 0. The van der Waals surface area contributed by atoms with E-state index in [1.165, 1.54) is 0 Å². The van der Waals surface area contributed by atoms with Crippen LogP contribution >= 0.6 is 23.2 Å². The van der Waals surface area contributed by atoms with Crippen molar-refractivity contribution in [2.24, 2.45) is 0 Å². The lowest BCUT2D eigenvalue weighted by molar-refractivity contribution is -0.130. The largest absolute Gasteiger partial charge is 0.477 e. The molecule has 2 rings (SSSR count). The molecule has 0 fully saturated rings. The summed E-state index contributed by atoms with van der Waals surface area (Å²) < 4.78 is 5.02. The van der Waals surface area contributed by atoms with Crippen LogP contribution in [0.15, 0.2) is 39.2 Å². The molecule has 16 heavy (non-hydrogen) atoms. The van der Waals surface area contributed by atoms with Gasteiger partial charge in [-0.3, -0.25) is 0 Å². The standard InChI is InChI=1S/C11H6Cl2O3/c12-10(13)9(11(14)15)8-5-6-3-1-2-4-7(6)16-8/h1-5H,(H,14,15). The Hall–Kier alpha value is -1.45. The number of carboxylic acid groups (broad SMARTS) is 1. The van der Waals surface area contributed by atoms with E-state index in [0.29, 0.717) is 5.58 Å². The maximum absolute atomic E-state index is 10.9. The van der Waals surface area contributed by atoms with Gasteiger partial charge >= 0.3 is 5.97 Å². The molecule has 0 saturated carbocycles. The highest BCUT2D eigenvalue weighted by molar-refractivity contribution is 6.61. The SMILES string of the molecule is O=C(O)C(=C(Cl)Cl)c1cc2ccccc2o1. The van der Waals surface area contributed by atoms with E-state index in [2.05, 4.69) is 0 Å². The van der Waals surface area contributed by atoms with Crippen molar-refractivity contribution < 1.29 is 14.3 Å². The zero-order chi connectivity index (χ0) is 11.7. The lowest BCUT2D eigenvalue weighted by Crippen LogP contribution is -1.98. The second-order valence-electron chi connectivity index (χ2n) is 3.09. The van der Waals surface area contributed by atoms with Crippen LogP contribution in [0.3, 0.4) is 0 Å². The van der Waals surface area contributed by atoms with Crippen LogP contribution in [0, 0.1) is 0 Å². The molecule has 3 nitrogen and oxygen atoms in total. The molecular formula is C11H6Cl2O3. The number of carbonyl (C=O) groups is 1. The molecule has 0 aliphatic rings. The van der Waals surface area contributed by atoms with Crippen molar-refractivity contribution in [1.82, 2.24) is 0 Å². The third-order valence-electron chi connectivity index (χ3n) is 2.07. The first-order chi connectivity index (χ1) is 7.59. The molecule has 0 unspecified atom stereocenters. The summed E-state index contributed by atoms with van der Waals surface area (Å²) in [7, 11) is 0. The van der Waals surface area contributed by atoms with Gasteiger partial charge in [0.25, 0.3) is 0 Å². The molecule has 0 radical (unpaired) electrons. The fourth-order valence-corrected chi connectivity index (χ4v) is 1.73. The van der Waals surface area contributed by atoms with Gasteiger partial charge in [-0.05, 0) is 12.1 Å². The molecule has 1 heterocycles. The summed E-state index contributed by atoms with van der Waals surface area (Å²) in [5.74, 6) is -1.08. The molecule has 0 spiro atoms. The lowest BCUT2D eigenvalue weighted by atomic mass is 10.2. The van der Waals surface area contributed by atoms with Crippen molar-refractivity contribution in [3.05, 3.63) is 40.6 Å². The minimum Gasteiger partial charge on any atom is -0.477 e. The summed E-state index contributed by atoms with van der Waals surface area (Å²) in [6, 6.07) is 8.75. The molecule has 1 aromatic heterocycles. The first-order valence-electron chi connectivity index (χ1n) is 4.37. The Balaban J connectivity index is 2.63. The molecule has 1 aromatic carbocycles. The fraction of sp³-hybridized carbons (Fsp3) is 0. The number of rotatable bonds is 2. The highest BCUT2D eigenvalue weighted by atomic mass is 35.5. The predicted molar refractivity (Wildman–Crippen MR) is 62.5 cm³/mol. The van der Waals surface area contributed by atoms with Gasteiger partial charge in [0.15, 0.2) is 0 Å². The van der Waals surface area contributed by atoms with E-state index in [1.807, 2.05) is 12.1 Å². The van der Waals surface area contributed by atoms with Gasteiger partial charge in [0.2, 0.25) is 0 Å². The highest BCUT2D eigenvalue weighted by Crippen LogP contribution is 2.29. The topological polar surface area (TPSA) is 50.4 Å². The quantitative estimate of drug-likeness (QED) is 0.835. The number of furan rings is 1. The highest BCUT2D eigenvalue weighted by Gasteiger charge is 2.19. The van der Waals surface area contributed by atoms with Gasteiger partial charge in [0.1, 0.15) is 21.4 Å². The number of carboxylic acids is 1. The molecule has 0 aliphatic heterocycles. The predicted octanol–water partition coefficient (Wildman–Crippen LogP) is 3.66. The van der Waals surface area contributed by atoms with Crippen molar-refractivity contribution >= 4 is 45.7 Å². The molecular weight excluding hydrogens is 251 g/mol. The number of aliphatic carboxylic acids is 1. The van der Waals surface area contributed by atoms with E-state index in [0.717, 1.165) is 5.39 Å². The van der Waals surface area contributed by atoms with E-state index in [4.69, 9.17) is 32.7 Å². The first kappa shape index (κ1) is 11.0. The molecule has 0 bridgehead atoms. The van der Waals surface area contributed by atoms with E-state index in [9.17, 15) is 4.79 Å². The second kappa shape index (κ2) is 4.20. The van der Waals surface area contributed by atoms with Gasteiger partial charge in [-0.25, -0.2) is 4.79 Å². The third-order valence-corrected chi connectivity index (χ3v) is 2.45. The Kier molecular flexibility index (Phi) is 2.90.